The van der Waals surface area contributed by atoms with Gasteiger partial charge in [0, 0.05) is 6.42 Å². The highest BCUT2D eigenvalue weighted by molar-refractivity contribution is 6.74. The Morgan fingerprint density at radius 3 is 2.29 bits per heavy atom. The van der Waals surface area contributed by atoms with E-state index >= 15 is 0 Å². The molecule has 2 unspecified atom stereocenters. The van der Waals surface area contributed by atoms with Crippen molar-refractivity contribution < 1.29 is 9.53 Å². The fourth-order valence-electron chi connectivity index (χ4n) is 1.99. The molecule has 2 atom stereocenters. The molecule has 0 aliphatic heterocycles. The van der Waals surface area contributed by atoms with Gasteiger partial charge in [0.2, 0.25) is 0 Å². The van der Waals surface area contributed by atoms with E-state index in [0.717, 1.165) is 5.56 Å². The van der Waals surface area contributed by atoms with E-state index in [1.54, 1.807) is 6.08 Å². The molecule has 1 N–H and O–H groups in total. The first-order valence-corrected chi connectivity index (χ1v) is 10.6. The third-order valence-electron chi connectivity index (χ3n) is 4.34. The number of hydrogen-bond donors (Lipinski definition) is 1. The molecule has 21 heavy (non-hydrogen) atoms. The minimum absolute atomic E-state index is 0.0537. The van der Waals surface area contributed by atoms with Crippen LogP contribution in [0.4, 0.5) is 0 Å². The Morgan fingerprint density at radius 2 is 1.81 bits per heavy atom. The molecule has 0 spiro atoms. The summed E-state index contributed by atoms with van der Waals surface area (Å²) in [5.41, 5.74) is 1.14. The average molecular weight is 307 g/mol. The van der Waals surface area contributed by atoms with Crippen molar-refractivity contribution in [2.24, 2.45) is 0 Å². The summed E-state index contributed by atoms with van der Waals surface area (Å²) in [6, 6.07) is 10.2. The summed E-state index contributed by atoms with van der Waals surface area (Å²) in [6.07, 6.45) is 2.52. The molecule has 2 nitrogen and oxygen atoms in total. The first-order chi connectivity index (χ1) is 9.67. The molecule has 0 heterocycles. The number of aliphatic hydroxyl groups is 1. The van der Waals surface area contributed by atoms with E-state index in [1.165, 1.54) is 0 Å². The largest absolute Gasteiger partial charge is 0.410 e. The fraction of sp³-hybridized carbons (Fsp3) is 0.556. The SMILES string of the molecule is C=CCC(O)CC(O[Si](C)(C)C(C)(C)C)c1ccccc1. The Labute approximate surface area is 131 Å². The molecule has 0 bridgehead atoms. The third-order valence-corrected chi connectivity index (χ3v) is 8.83. The van der Waals surface area contributed by atoms with Gasteiger partial charge >= 0.3 is 0 Å². The zero-order chi connectivity index (χ0) is 16.1. The van der Waals surface area contributed by atoms with Crippen molar-refractivity contribution in [2.75, 3.05) is 0 Å². The monoisotopic (exact) mass is 306 g/mol. The van der Waals surface area contributed by atoms with Crippen LogP contribution in [0.1, 0.15) is 45.3 Å². The zero-order valence-corrected chi connectivity index (χ0v) is 15.1. The minimum Gasteiger partial charge on any atom is -0.410 e. The van der Waals surface area contributed by atoms with Crippen molar-refractivity contribution in [1.82, 2.24) is 0 Å². The van der Waals surface area contributed by atoms with E-state index in [-0.39, 0.29) is 11.1 Å². The quantitative estimate of drug-likeness (QED) is 0.562. The fourth-order valence-corrected chi connectivity index (χ4v) is 3.29. The predicted molar refractivity (Wildman–Crippen MR) is 92.9 cm³/mol. The molecule has 1 rings (SSSR count). The lowest BCUT2D eigenvalue weighted by Gasteiger charge is -2.40. The van der Waals surface area contributed by atoms with Crippen LogP contribution in [0.25, 0.3) is 0 Å². The molecule has 0 fully saturated rings. The van der Waals surface area contributed by atoms with Gasteiger partial charge in [0.1, 0.15) is 0 Å². The summed E-state index contributed by atoms with van der Waals surface area (Å²) in [4.78, 5) is 0. The molecule has 0 radical (unpaired) electrons. The number of rotatable bonds is 7. The second kappa shape index (κ2) is 7.39. The maximum Gasteiger partial charge on any atom is 0.192 e. The Kier molecular flexibility index (Phi) is 6.38. The summed E-state index contributed by atoms with van der Waals surface area (Å²) in [7, 11) is -1.88. The Balaban J connectivity index is 2.95. The van der Waals surface area contributed by atoms with Crippen LogP contribution >= 0.6 is 0 Å². The first-order valence-electron chi connectivity index (χ1n) is 7.69. The highest BCUT2D eigenvalue weighted by Crippen LogP contribution is 2.40. The predicted octanol–water partition coefficient (Wildman–Crippen LogP) is 5.08. The Bertz CT molecular complexity index is 434. The van der Waals surface area contributed by atoms with Gasteiger partial charge in [-0.05, 0) is 30.1 Å². The van der Waals surface area contributed by atoms with Crippen LogP contribution in [0, 0.1) is 0 Å². The average Bonchev–Trinajstić information content (AvgIpc) is 2.37. The Hall–Kier alpha value is -0.903. The van der Waals surface area contributed by atoms with Gasteiger partial charge in [-0.2, -0.15) is 0 Å². The first kappa shape index (κ1) is 18.1. The maximum atomic E-state index is 10.1. The van der Waals surface area contributed by atoms with Crippen molar-refractivity contribution in [3.8, 4) is 0 Å². The van der Waals surface area contributed by atoms with E-state index in [4.69, 9.17) is 4.43 Å². The standard InChI is InChI=1S/C18H30O2Si/c1-7-11-16(19)14-17(15-12-9-8-10-13-15)20-21(5,6)18(2,3)4/h7-10,12-13,16-17,19H,1,11,14H2,2-6H3. The van der Waals surface area contributed by atoms with Gasteiger partial charge in [-0.3, -0.25) is 0 Å². The van der Waals surface area contributed by atoms with Crippen molar-refractivity contribution in [3.63, 3.8) is 0 Å². The highest BCUT2D eigenvalue weighted by Gasteiger charge is 2.39. The van der Waals surface area contributed by atoms with E-state index < -0.39 is 14.4 Å². The lowest BCUT2D eigenvalue weighted by Crippen LogP contribution is -2.42. The van der Waals surface area contributed by atoms with Gasteiger partial charge in [-0.15, -0.1) is 6.58 Å². The van der Waals surface area contributed by atoms with Gasteiger partial charge in [-0.25, -0.2) is 0 Å². The van der Waals surface area contributed by atoms with E-state index in [1.807, 2.05) is 18.2 Å². The maximum absolute atomic E-state index is 10.1. The molecular formula is C18H30O2Si. The summed E-state index contributed by atoms with van der Waals surface area (Å²) < 4.78 is 6.55. The van der Waals surface area contributed by atoms with Crippen molar-refractivity contribution in [3.05, 3.63) is 48.6 Å². The van der Waals surface area contributed by atoms with Gasteiger partial charge in [0.25, 0.3) is 0 Å². The molecule has 0 saturated heterocycles. The molecule has 0 aliphatic carbocycles. The van der Waals surface area contributed by atoms with E-state index in [2.05, 4.69) is 52.6 Å². The molecule has 1 aromatic rings. The highest BCUT2D eigenvalue weighted by atomic mass is 28.4. The van der Waals surface area contributed by atoms with Crippen LogP contribution in [0.5, 0.6) is 0 Å². The van der Waals surface area contributed by atoms with Crippen molar-refractivity contribution in [2.45, 2.75) is 64.0 Å². The van der Waals surface area contributed by atoms with Crippen LogP contribution in [0.15, 0.2) is 43.0 Å². The normalized spacial score (nSPS) is 15.5. The summed E-state index contributed by atoms with van der Waals surface area (Å²) in [5, 5.41) is 10.3. The van der Waals surface area contributed by atoms with E-state index in [9.17, 15) is 5.11 Å². The smallest absolute Gasteiger partial charge is 0.192 e. The van der Waals surface area contributed by atoms with Crippen LogP contribution in [0.3, 0.4) is 0 Å². The molecule has 0 aliphatic rings. The van der Waals surface area contributed by atoms with Crippen LogP contribution in [0.2, 0.25) is 18.1 Å². The van der Waals surface area contributed by atoms with Gasteiger partial charge in [0.05, 0.1) is 12.2 Å². The number of aliphatic hydroxyl groups excluding tert-OH is 1. The topological polar surface area (TPSA) is 29.5 Å². The number of hydrogen-bond acceptors (Lipinski definition) is 2. The molecule has 0 aromatic heterocycles. The summed E-state index contributed by atoms with van der Waals surface area (Å²) >= 11 is 0. The summed E-state index contributed by atoms with van der Waals surface area (Å²) in [5.74, 6) is 0. The van der Waals surface area contributed by atoms with E-state index in [0.29, 0.717) is 12.8 Å². The molecule has 1 aromatic carbocycles. The lowest BCUT2D eigenvalue weighted by atomic mass is 10.0. The second-order valence-corrected chi connectivity index (χ2v) is 11.9. The van der Waals surface area contributed by atoms with Crippen molar-refractivity contribution >= 4 is 8.32 Å². The number of benzene rings is 1. The third kappa shape index (κ3) is 5.42. The molecular weight excluding hydrogens is 276 g/mol. The van der Waals surface area contributed by atoms with Crippen LogP contribution < -0.4 is 0 Å². The van der Waals surface area contributed by atoms with Crippen molar-refractivity contribution in [1.29, 1.82) is 0 Å². The minimum atomic E-state index is -1.88. The van der Waals surface area contributed by atoms with Gasteiger partial charge in [0.15, 0.2) is 8.32 Å². The van der Waals surface area contributed by atoms with Gasteiger partial charge < -0.3 is 9.53 Å². The second-order valence-electron chi connectivity index (χ2n) is 7.19. The molecule has 3 heteroatoms. The van der Waals surface area contributed by atoms with Crippen LogP contribution in [-0.2, 0) is 4.43 Å². The van der Waals surface area contributed by atoms with Crippen LogP contribution in [-0.4, -0.2) is 19.5 Å². The lowest BCUT2D eigenvalue weighted by molar-refractivity contribution is 0.0879. The molecule has 0 amide bonds. The molecule has 118 valence electrons. The van der Waals surface area contributed by atoms with Gasteiger partial charge in [-0.1, -0.05) is 57.2 Å². The molecule has 0 saturated carbocycles. The zero-order valence-electron chi connectivity index (χ0n) is 14.1. The summed E-state index contributed by atoms with van der Waals surface area (Å²) in [6.45, 7) is 14.9. The Morgan fingerprint density at radius 1 is 1.24 bits per heavy atom.